The van der Waals surface area contributed by atoms with E-state index in [1.54, 1.807) is 6.08 Å². The monoisotopic (exact) mass is 166 g/mol. The van der Waals surface area contributed by atoms with Gasteiger partial charge in [-0.2, -0.15) is 0 Å². The minimum absolute atomic E-state index is 0.362. The predicted octanol–water partition coefficient (Wildman–Crippen LogP) is 1.44. The number of hydrogen-bond acceptors (Lipinski definition) is 3. The molecule has 0 saturated carbocycles. The lowest BCUT2D eigenvalue weighted by molar-refractivity contribution is 0.150. The fourth-order valence-electron chi connectivity index (χ4n) is 0.671. The molecule has 0 aromatic carbocycles. The molecular formula is C8H10N2O2. The van der Waals surface area contributed by atoms with Crippen LogP contribution in [0.25, 0.3) is 0 Å². The minimum Gasteiger partial charge on any atom is -0.449 e. The van der Waals surface area contributed by atoms with Crippen LogP contribution in [0, 0.1) is 0 Å². The largest absolute Gasteiger partial charge is 0.449 e. The number of ether oxygens (including phenoxy) is 1. The average molecular weight is 166 g/mol. The van der Waals surface area contributed by atoms with Crippen molar-refractivity contribution in [1.82, 2.24) is 9.55 Å². The number of nitrogens with zero attached hydrogens (tertiary/aromatic N) is 2. The fraction of sp³-hybridized carbons (Fsp3) is 0.250. The SMILES string of the molecule is C=CCCOC(=O)n1ccnc1. The zero-order valence-corrected chi connectivity index (χ0v) is 6.64. The lowest BCUT2D eigenvalue weighted by Crippen LogP contribution is -2.11. The lowest BCUT2D eigenvalue weighted by atomic mass is 10.5. The summed E-state index contributed by atoms with van der Waals surface area (Å²) in [6.07, 6.45) is 6.41. The molecule has 1 rings (SSSR count). The smallest absolute Gasteiger partial charge is 0.419 e. The zero-order valence-electron chi connectivity index (χ0n) is 6.64. The summed E-state index contributed by atoms with van der Waals surface area (Å²) in [5, 5.41) is 0. The molecule has 0 aliphatic heterocycles. The maximum absolute atomic E-state index is 11.0. The van der Waals surface area contributed by atoms with Gasteiger partial charge in [-0.3, -0.25) is 0 Å². The van der Waals surface area contributed by atoms with Crippen molar-refractivity contribution >= 4 is 6.09 Å². The summed E-state index contributed by atoms with van der Waals surface area (Å²) in [6, 6.07) is 0. The van der Waals surface area contributed by atoms with Gasteiger partial charge in [0, 0.05) is 12.4 Å². The Morgan fingerprint density at radius 3 is 3.17 bits per heavy atom. The molecule has 0 aliphatic rings. The molecule has 0 atom stereocenters. The Morgan fingerprint density at radius 1 is 1.75 bits per heavy atom. The summed E-state index contributed by atoms with van der Waals surface area (Å²) in [6.45, 7) is 3.87. The van der Waals surface area contributed by atoms with Gasteiger partial charge in [-0.25, -0.2) is 14.3 Å². The van der Waals surface area contributed by atoms with Gasteiger partial charge in [0.05, 0.1) is 6.61 Å². The zero-order chi connectivity index (χ0) is 8.81. The van der Waals surface area contributed by atoms with Crippen LogP contribution in [0.15, 0.2) is 31.4 Å². The first-order valence-electron chi connectivity index (χ1n) is 3.60. The van der Waals surface area contributed by atoms with Crippen molar-refractivity contribution < 1.29 is 9.53 Å². The summed E-state index contributed by atoms with van der Waals surface area (Å²) in [7, 11) is 0. The van der Waals surface area contributed by atoms with E-state index in [4.69, 9.17) is 4.74 Å². The molecule has 0 N–H and O–H groups in total. The maximum atomic E-state index is 11.0. The van der Waals surface area contributed by atoms with Gasteiger partial charge in [-0.1, -0.05) is 6.08 Å². The third kappa shape index (κ3) is 2.23. The van der Waals surface area contributed by atoms with Crippen LogP contribution in [0.4, 0.5) is 4.79 Å². The normalized spacial score (nSPS) is 9.33. The van der Waals surface area contributed by atoms with E-state index in [2.05, 4.69) is 11.6 Å². The highest BCUT2D eigenvalue weighted by atomic mass is 16.5. The van der Waals surface area contributed by atoms with Crippen LogP contribution in [0.3, 0.4) is 0 Å². The van der Waals surface area contributed by atoms with Gasteiger partial charge in [-0.05, 0) is 6.42 Å². The van der Waals surface area contributed by atoms with Gasteiger partial charge in [0.25, 0.3) is 0 Å². The summed E-state index contributed by atoms with van der Waals surface area (Å²) in [5.41, 5.74) is 0. The van der Waals surface area contributed by atoms with E-state index in [0.717, 1.165) is 0 Å². The minimum atomic E-state index is -0.408. The van der Waals surface area contributed by atoms with Gasteiger partial charge < -0.3 is 4.74 Å². The first-order chi connectivity index (χ1) is 5.84. The fourth-order valence-corrected chi connectivity index (χ4v) is 0.671. The number of carbonyl (C=O) groups is 1. The molecule has 0 saturated heterocycles. The first kappa shape index (κ1) is 8.52. The highest BCUT2D eigenvalue weighted by molar-refractivity contribution is 5.69. The van der Waals surface area contributed by atoms with Crippen LogP contribution < -0.4 is 0 Å². The van der Waals surface area contributed by atoms with Crippen molar-refractivity contribution in [3.8, 4) is 0 Å². The van der Waals surface area contributed by atoms with Gasteiger partial charge in [0.1, 0.15) is 6.33 Å². The molecule has 4 nitrogen and oxygen atoms in total. The van der Waals surface area contributed by atoms with Gasteiger partial charge in [0.2, 0.25) is 0 Å². The molecule has 0 spiro atoms. The molecule has 1 aromatic rings. The Hall–Kier alpha value is -1.58. The van der Waals surface area contributed by atoms with Crippen LogP contribution in [0.2, 0.25) is 0 Å². The molecule has 0 amide bonds. The Morgan fingerprint density at radius 2 is 2.58 bits per heavy atom. The van der Waals surface area contributed by atoms with Crippen LogP contribution >= 0.6 is 0 Å². The number of carbonyl (C=O) groups excluding carboxylic acids is 1. The van der Waals surface area contributed by atoms with E-state index in [1.807, 2.05) is 0 Å². The molecule has 1 aromatic heterocycles. The van der Waals surface area contributed by atoms with Crippen LogP contribution in [-0.4, -0.2) is 22.3 Å². The Labute approximate surface area is 70.5 Å². The van der Waals surface area contributed by atoms with Crippen LogP contribution in [0.5, 0.6) is 0 Å². The number of hydrogen-bond donors (Lipinski definition) is 0. The molecule has 0 radical (unpaired) electrons. The van der Waals surface area contributed by atoms with E-state index < -0.39 is 6.09 Å². The summed E-state index contributed by atoms with van der Waals surface area (Å²) < 4.78 is 6.12. The van der Waals surface area contributed by atoms with E-state index in [1.165, 1.54) is 23.3 Å². The predicted molar refractivity (Wildman–Crippen MR) is 43.8 cm³/mol. The van der Waals surface area contributed by atoms with E-state index in [-0.39, 0.29) is 0 Å². The molecule has 0 bridgehead atoms. The van der Waals surface area contributed by atoms with Crippen LogP contribution in [-0.2, 0) is 4.74 Å². The Kier molecular flexibility index (Phi) is 3.07. The van der Waals surface area contributed by atoms with Gasteiger partial charge in [-0.15, -0.1) is 6.58 Å². The molecule has 64 valence electrons. The van der Waals surface area contributed by atoms with Gasteiger partial charge in [0.15, 0.2) is 0 Å². The quantitative estimate of drug-likeness (QED) is 0.504. The Balaban J connectivity index is 2.34. The second-order valence-corrected chi connectivity index (χ2v) is 2.16. The van der Waals surface area contributed by atoms with E-state index in [0.29, 0.717) is 13.0 Å². The van der Waals surface area contributed by atoms with Crippen molar-refractivity contribution in [2.45, 2.75) is 6.42 Å². The summed E-state index contributed by atoms with van der Waals surface area (Å²) in [5.74, 6) is 0. The molecule has 0 unspecified atom stereocenters. The van der Waals surface area contributed by atoms with E-state index in [9.17, 15) is 4.79 Å². The van der Waals surface area contributed by atoms with Crippen molar-refractivity contribution in [2.75, 3.05) is 6.61 Å². The molecule has 12 heavy (non-hydrogen) atoms. The first-order valence-corrected chi connectivity index (χ1v) is 3.60. The Bertz CT molecular complexity index is 254. The second-order valence-electron chi connectivity index (χ2n) is 2.16. The lowest BCUT2D eigenvalue weighted by Gasteiger charge is -2.01. The maximum Gasteiger partial charge on any atom is 0.419 e. The van der Waals surface area contributed by atoms with Crippen molar-refractivity contribution in [2.24, 2.45) is 0 Å². The van der Waals surface area contributed by atoms with Crippen molar-refractivity contribution in [3.05, 3.63) is 31.4 Å². The third-order valence-electron chi connectivity index (χ3n) is 1.26. The topological polar surface area (TPSA) is 44.1 Å². The summed E-state index contributed by atoms with van der Waals surface area (Å²) >= 11 is 0. The summed E-state index contributed by atoms with van der Waals surface area (Å²) in [4.78, 5) is 14.8. The molecule has 0 fully saturated rings. The number of rotatable bonds is 3. The average Bonchev–Trinajstić information content (AvgIpc) is 2.56. The van der Waals surface area contributed by atoms with E-state index >= 15 is 0 Å². The molecular weight excluding hydrogens is 156 g/mol. The molecule has 0 aliphatic carbocycles. The standard InChI is InChI=1S/C8H10N2O2/c1-2-3-6-12-8(11)10-5-4-9-7-10/h2,4-5,7H,1,3,6H2. The number of imidazole rings is 1. The second kappa shape index (κ2) is 4.33. The highest BCUT2D eigenvalue weighted by Crippen LogP contribution is 1.91. The molecule has 1 heterocycles. The van der Waals surface area contributed by atoms with Crippen molar-refractivity contribution in [1.29, 1.82) is 0 Å². The van der Waals surface area contributed by atoms with Crippen LogP contribution in [0.1, 0.15) is 6.42 Å². The third-order valence-corrected chi connectivity index (χ3v) is 1.26. The van der Waals surface area contributed by atoms with Gasteiger partial charge >= 0.3 is 6.09 Å². The van der Waals surface area contributed by atoms with Crippen molar-refractivity contribution in [3.63, 3.8) is 0 Å². The number of aromatic nitrogens is 2. The molecule has 4 heteroatoms. The highest BCUT2D eigenvalue weighted by Gasteiger charge is 2.02.